The first-order valence-corrected chi connectivity index (χ1v) is 14.8. The first kappa shape index (κ1) is 24.3. The predicted octanol–water partition coefficient (Wildman–Crippen LogP) is 10.8. The zero-order valence-electron chi connectivity index (χ0n) is 22.5. The van der Waals surface area contributed by atoms with Crippen molar-refractivity contribution in [2.24, 2.45) is 5.92 Å². The number of benzene rings is 3. The van der Waals surface area contributed by atoms with Crippen LogP contribution >= 0.6 is 22.7 Å². The van der Waals surface area contributed by atoms with Gasteiger partial charge in [-0.2, -0.15) is 0 Å². The summed E-state index contributed by atoms with van der Waals surface area (Å²) in [6.45, 7) is 13.7. The highest BCUT2D eigenvalue weighted by molar-refractivity contribution is 7.19. The summed E-state index contributed by atoms with van der Waals surface area (Å²) in [5, 5.41) is 6.19. The molecule has 186 valence electrons. The Morgan fingerprint density at radius 3 is 2.46 bits per heavy atom. The Labute approximate surface area is 227 Å². The number of rotatable bonds is 4. The average Bonchev–Trinajstić information content (AvgIpc) is 3.43. The predicted molar refractivity (Wildman–Crippen MR) is 165 cm³/mol. The van der Waals surface area contributed by atoms with Crippen LogP contribution in [0.15, 0.2) is 72.1 Å². The van der Waals surface area contributed by atoms with Gasteiger partial charge >= 0.3 is 0 Å². The third-order valence-corrected chi connectivity index (χ3v) is 9.40. The van der Waals surface area contributed by atoms with Crippen LogP contribution in [0.1, 0.15) is 50.6 Å². The van der Waals surface area contributed by atoms with E-state index in [1.807, 2.05) is 22.7 Å². The van der Waals surface area contributed by atoms with Crippen LogP contribution in [-0.2, 0) is 11.8 Å². The standard InChI is InChI=1S/C34H33NS2/c1-20(2)13-26-15-24-12-11-23(17-31(24)37-26)28-18-30(35-32-21(3)19-36-33(28)32)25-14-22-9-7-8-10-27(22)29(16-25)34(4,5)6/h7-12,14-20H,13H2,1-6H3. The molecular weight excluding hydrogens is 487 g/mol. The maximum absolute atomic E-state index is 5.23. The van der Waals surface area contributed by atoms with E-state index < -0.39 is 0 Å². The van der Waals surface area contributed by atoms with Gasteiger partial charge in [0.25, 0.3) is 0 Å². The largest absolute Gasteiger partial charge is 0.247 e. The van der Waals surface area contributed by atoms with Crippen LogP contribution in [-0.4, -0.2) is 4.98 Å². The second-order valence-corrected chi connectivity index (χ2v) is 13.8. The van der Waals surface area contributed by atoms with Crippen molar-refractivity contribution in [1.82, 2.24) is 4.98 Å². The molecule has 3 heterocycles. The van der Waals surface area contributed by atoms with Gasteiger partial charge in [0.15, 0.2) is 0 Å². The van der Waals surface area contributed by atoms with Crippen molar-refractivity contribution < 1.29 is 0 Å². The number of fused-ring (bicyclic) bond motifs is 3. The van der Waals surface area contributed by atoms with Gasteiger partial charge in [-0.1, -0.05) is 71.0 Å². The molecule has 0 bridgehead atoms. The van der Waals surface area contributed by atoms with E-state index in [1.54, 1.807) is 0 Å². The molecule has 1 nitrogen and oxygen atoms in total. The summed E-state index contributed by atoms with van der Waals surface area (Å²) >= 11 is 3.75. The van der Waals surface area contributed by atoms with Crippen molar-refractivity contribution in [1.29, 1.82) is 0 Å². The van der Waals surface area contributed by atoms with Gasteiger partial charge in [-0.15, -0.1) is 22.7 Å². The second-order valence-electron chi connectivity index (χ2n) is 11.7. The van der Waals surface area contributed by atoms with Crippen molar-refractivity contribution in [2.45, 2.75) is 53.4 Å². The molecule has 0 N–H and O–H groups in total. The van der Waals surface area contributed by atoms with Crippen molar-refractivity contribution in [3.8, 4) is 22.4 Å². The number of hydrogen-bond donors (Lipinski definition) is 0. The number of aryl methyl sites for hydroxylation is 1. The maximum Gasteiger partial charge on any atom is 0.0852 e. The molecule has 0 amide bonds. The van der Waals surface area contributed by atoms with E-state index in [9.17, 15) is 0 Å². The lowest BCUT2D eigenvalue weighted by Crippen LogP contribution is -2.12. The highest BCUT2D eigenvalue weighted by atomic mass is 32.1. The smallest absolute Gasteiger partial charge is 0.0852 e. The summed E-state index contributed by atoms with van der Waals surface area (Å²) in [7, 11) is 0. The summed E-state index contributed by atoms with van der Waals surface area (Å²) in [6.07, 6.45) is 1.14. The van der Waals surface area contributed by atoms with Gasteiger partial charge in [-0.25, -0.2) is 4.98 Å². The van der Waals surface area contributed by atoms with Crippen molar-refractivity contribution in [3.05, 3.63) is 88.1 Å². The molecule has 0 unspecified atom stereocenters. The van der Waals surface area contributed by atoms with E-state index in [0.717, 1.165) is 17.6 Å². The first-order valence-electron chi connectivity index (χ1n) is 13.1. The summed E-state index contributed by atoms with van der Waals surface area (Å²) in [4.78, 5) is 6.71. The maximum atomic E-state index is 5.23. The highest BCUT2D eigenvalue weighted by Gasteiger charge is 2.20. The van der Waals surface area contributed by atoms with E-state index in [4.69, 9.17) is 4.98 Å². The molecule has 3 heteroatoms. The number of nitrogens with zero attached hydrogens (tertiary/aromatic N) is 1. The molecule has 3 aromatic carbocycles. The topological polar surface area (TPSA) is 12.9 Å². The van der Waals surface area contributed by atoms with Crippen LogP contribution in [0.5, 0.6) is 0 Å². The third-order valence-electron chi connectivity index (χ3n) is 7.16. The third kappa shape index (κ3) is 4.49. The first-order chi connectivity index (χ1) is 17.7. The lowest BCUT2D eigenvalue weighted by Gasteiger charge is -2.23. The van der Waals surface area contributed by atoms with Gasteiger partial charge in [0.05, 0.1) is 15.9 Å². The Bertz CT molecular complexity index is 1780. The molecule has 0 aliphatic carbocycles. The average molecular weight is 520 g/mol. The van der Waals surface area contributed by atoms with E-state index >= 15 is 0 Å². The molecule has 0 radical (unpaired) electrons. The molecular formula is C34H33NS2. The van der Waals surface area contributed by atoms with E-state index in [2.05, 4.69) is 114 Å². The minimum atomic E-state index is 0.0404. The van der Waals surface area contributed by atoms with Crippen molar-refractivity contribution >= 4 is 53.7 Å². The fourth-order valence-corrected chi connectivity index (χ4v) is 7.66. The molecule has 0 fully saturated rings. The molecule has 0 saturated heterocycles. The Morgan fingerprint density at radius 2 is 1.68 bits per heavy atom. The molecule has 0 saturated carbocycles. The lowest BCUT2D eigenvalue weighted by molar-refractivity contribution is 0.596. The summed E-state index contributed by atoms with van der Waals surface area (Å²) in [5.41, 5.74) is 8.57. The number of aromatic nitrogens is 1. The molecule has 0 spiro atoms. The zero-order chi connectivity index (χ0) is 25.9. The Morgan fingerprint density at radius 1 is 0.865 bits per heavy atom. The number of pyridine rings is 1. The highest BCUT2D eigenvalue weighted by Crippen LogP contribution is 2.41. The van der Waals surface area contributed by atoms with Gasteiger partial charge in [-0.3, -0.25) is 0 Å². The van der Waals surface area contributed by atoms with Crippen LogP contribution in [0.4, 0.5) is 0 Å². The van der Waals surface area contributed by atoms with Crippen LogP contribution in [0.2, 0.25) is 0 Å². The van der Waals surface area contributed by atoms with E-state index in [-0.39, 0.29) is 5.41 Å². The van der Waals surface area contributed by atoms with Crippen LogP contribution < -0.4 is 0 Å². The zero-order valence-corrected chi connectivity index (χ0v) is 24.1. The lowest BCUT2D eigenvalue weighted by atomic mass is 9.82. The normalized spacial score (nSPS) is 12.4. The summed E-state index contributed by atoms with van der Waals surface area (Å²) < 4.78 is 2.64. The molecule has 6 rings (SSSR count). The SMILES string of the molecule is Cc1csc2c(-c3ccc4cc(CC(C)C)sc4c3)cc(-c3cc(C(C)(C)C)c4ccccc4c3)nc12. The van der Waals surface area contributed by atoms with Gasteiger partial charge in [0.1, 0.15) is 0 Å². The molecule has 0 atom stereocenters. The fraction of sp³-hybridized carbons (Fsp3) is 0.265. The van der Waals surface area contributed by atoms with Crippen LogP contribution in [0.3, 0.4) is 0 Å². The fourth-order valence-electron chi connectivity index (χ4n) is 5.32. The number of hydrogen-bond acceptors (Lipinski definition) is 3. The molecule has 37 heavy (non-hydrogen) atoms. The van der Waals surface area contributed by atoms with Crippen LogP contribution in [0.25, 0.3) is 53.5 Å². The molecule has 3 aromatic heterocycles. The second kappa shape index (κ2) is 9.08. The molecule has 0 aliphatic rings. The minimum Gasteiger partial charge on any atom is -0.247 e. The number of thiophene rings is 2. The quantitative estimate of drug-likeness (QED) is 0.226. The van der Waals surface area contributed by atoms with E-state index in [1.165, 1.54) is 58.3 Å². The molecule has 6 aromatic rings. The summed E-state index contributed by atoms with van der Waals surface area (Å²) in [5.74, 6) is 0.670. The Kier molecular flexibility index (Phi) is 5.97. The summed E-state index contributed by atoms with van der Waals surface area (Å²) in [6, 6.07) is 25.1. The van der Waals surface area contributed by atoms with Crippen molar-refractivity contribution in [2.75, 3.05) is 0 Å². The van der Waals surface area contributed by atoms with E-state index in [0.29, 0.717) is 5.92 Å². The monoisotopic (exact) mass is 519 g/mol. The molecule has 0 aliphatic heterocycles. The van der Waals surface area contributed by atoms with Gasteiger partial charge < -0.3 is 0 Å². The van der Waals surface area contributed by atoms with Gasteiger partial charge in [0, 0.05) is 20.7 Å². The van der Waals surface area contributed by atoms with Gasteiger partial charge in [0.2, 0.25) is 0 Å². The Balaban J connectivity index is 1.56. The van der Waals surface area contributed by atoms with Crippen molar-refractivity contribution in [3.63, 3.8) is 0 Å². The Hall–Kier alpha value is -3.01. The van der Waals surface area contributed by atoms with Gasteiger partial charge in [-0.05, 0) is 93.2 Å². The van der Waals surface area contributed by atoms with Crippen LogP contribution in [0, 0.1) is 12.8 Å². The minimum absolute atomic E-state index is 0.0404.